The van der Waals surface area contributed by atoms with Gasteiger partial charge in [0.25, 0.3) is 0 Å². The van der Waals surface area contributed by atoms with Crippen molar-refractivity contribution in [3.05, 3.63) is 22.2 Å². The van der Waals surface area contributed by atoms with Gasteiger partial charge in [-0.15, -0.1) is 0 Å². The third-order valence-electron chi connectivity index (χ3n) is 2.80. The van der Waals surface area contributed by atoms with Gasteiger partial charge in [0.05, 0.1) is 11.6 Å². The second-order valence-electron chi connectivity index (χ2n) is 4.04. The van der Waals surface area contributed by atoms with Crippen LogP contribution in [0.5, 0.6) is 11.5 Å². The Hall–Kier alpha value is -1.27. The molecule has 0 saturated heterocycles. The molecular formula is C13H16BrNO4. The van der Waals surface area contributed by atoms with E-state index >= 15 is 0 Å². The molecule has 104 valence electrons. The molecule has 0 aromatic heterocycles. The van der Waals surface area contributed by atoms with E-state index in [1.807, 2.05) is 19.1 Å². The highest BCUT2D eigenvalue weighted by atomic mass is 79.9. The van der Waals surface area contributed by atoms with Crippen molar-refractivity contribution in [1.29, 1.82) is 0 Å². The second kappa shape index (κ2) is 6.25. The molecule has 2 rings (SSSR count). The molecule has 0 fully saturated rings. The number of halogens is 1. The average molecular weight is 330 g/mol. The van der Waals surface area contributed by atoms with Crippen molar-refractivity contribution in [3.63, 3.8) is 0 Å². The van der Waals surface area contributed by atoms with Crippen LogP contribution in [0.3, 0.4) is 0 Å². The number of carbonyl (C=O) groups excluding carboxylic acids is 1. The molecule has 6 heteroatoms. The fourth-order valence-corrected chi connectivity index (χ4v) is 2.53. The second-order valence-corrected chi connectivity index (χ2v) is 4.90. The molecule has 0 bridgehead atoms. The van der Waals surface area contributed by atoms with Gasteiger partial charge >= 0.3 is 5.97 Å². The van der Waals surface area contributed by atoms with E-state index in [-0.39, 0.29) is 5.97 Å². The summed E-state index contributed by atoms with van der Waals surface area (Å²) in [5.74, 6) is 0.989. The molecule has 5 nitrogen and oxygen atoms in total. The SMILES string of the molecule is CCNC(C(=O)OC)c1cc(Br)c2c(c1)OCCO2. The van der Waals surface area contributed by atoms with Crippen molar-refractivity contribution in [2.45, 2.75) is 13.0 Å². The Labute approximate surface area is 120 Å². The Balaban J connectivity index is 2.37. The van der Waals surface area contributed by atoms with Crippen LogP contribution in [0.2, 0.25) is 0 Å². The molecule has 19 heavy (non-hydrogen) atoms. The van der Waals surface area contributed by atoms with E-state index in [1.54, 1.807) is 0 Å². The summed E-state index contributed by atoms with van der Waals surface area (Å²) >= 11 is 3.44. The highest BCUT2D eigenvalue weighted by Gasteiger charge is 2.24. The van der Waals surface area contributed by atoms with Crippen LogP contribution in [-0.4, -0.2) is 32.8 Å². The molecule has 0 amide bonds. The van der Waals surface area contributed by atoms with Crippen LogP contribution in [0, 0.1) is 0 Å². The Morgan fingerprint density at radius 3 is 2.89 bits per heavy atom. The van der Waals surface area contributed by atoms with Gasteiger partial charge in [-0.2, -0.15) is 0 Å². The smallest absolute Gasteiger partial charge is 0.327 e. The number of ether oxygens (including phenoxy) is 3. The van der Waals surface area contributed by atoms with Crippen molar-refractivity contribution >= 4 is 21.9 Å². The number of hydrogen-bond donors (Lipinski definition) is 1. The van der Waals surface area contributed by atoms with Crippen LogP contribution < -0.4 is 14.8 Å². The average Bonchev–Trinajstić information content (AvgIpc) is 2.44. The minimum absolute atomic E-state index is 0.328. The molecule has 0 aliphatic carbocycles. The molecule has 1 aliphatic rings. The number of rotatable bonds is 4. The number of esters is 1. The zero-order valence-corrected chi connectivity index (χ0v) is 12.5. The maximum atomic E-state index is 11.8. The first-order chi connectivity index (χ1) is 9.17. The van der Waals surface area contributed by atoms with Gasteiger partial charge in [0.2, 0.25) is 0 Å². The summed E-state index contributed by atoms with van der Waals surface area (Å²) in [6, 6.07) is 3.14. The molecule has 1 heterocycles. The third-order valence-corrected chi connectivity index (χ3v) is 3.39. The molecular weight excluding hydrogens is 314 g/mol. The first-order valence-electron chi connectivity index (χ1n) is 6.07. The van der Waals surface area contributed by atoms with Crippen molar-refractivity contribution in [2.24, 2.45) is 0 Å². The van der Waals surface area contributed by atoms with Gasteiger partial charge in [-0.05, 0) is 40.2 Å². The number of likely N-dealkylation sites (N-methyl/N-ethyl adjacent to an activating group) is 1. The predicted molar refractivity (Wildman–Crippen MR) is 73.6 cm³/mol. The standard InChI is InChI=1S/C13H16BrNO4/c1-3-15-11(13(16)17-2)8-6-9(14)12-10(7-8)18-4-5-19-12/h6-7,11,15H,3-5H2,1-2H3. The van der Waals surface area contributed by atoms with E-state index in [0.29, 0.717) is 31.3 Å². The van der Waals surface area contributed by atoms with Crippen LogP contribution in [0.25, 0.3) is 0 Å². The van der Waals surface area contributed by atoms with Crippen molar-refractivity contribution in [1.82, 2.24) is 5.32 Å². The van der Waals surface area contributed by atoms with Gasteiger partial charge < -0.3 is 19.5 Å². The number of benzene rings is 1. The lowest BCUT2D eigenvalue weighted by molar-refractivity contribution is -0.143. The summed E-state index contributed by atoms with van der Waals surface area (Å²) in [4.78, 5) is 11.8. The molecule has 1 N–H and O–H groups in total. The first kappa shape index (κ1) is 14.1. The fourth-order valence-electron chi connectivity index (χ4n) is 1.96. The van der Waals surface area contributed by atoms with Crippen LogP contribution in [-0.2, 0) is 9.53 Å². The number of hydrogen-bond acceptors (Lipinski definition) is 5. The van der Waals surface area contributed by atoms with E-state index in [2.05, 4.69) is 21.2 Å². The Kier molecular flexibility index (Phi) is 4.66. The molecule has 0 radical (unpaired) electrons. The maximum absolute atomic E-state index is 11.8. The van der Waals surface area contributed by atoms with E-state index in [9.17, 15) is 4.79 Å². The number of methoxy groups -OCH3 is 1. The highest BCUT2D eigenvalue weighted by molar-refractivity contribution is 9.10. The first-order valence-corrected chi connectivity index (χ1v) is 6.87. The summed E-state index contributed by atoms with van der Waals surface area (Å²) in [6.45, 7) is 3.63. The summed E-state index contributed by atoms with van der Waals surface area (Å²) in [5.41, 5.74) is 0.782. The largest absolute Gasteiger partial charge is 0.486 e. The molecule has 1 aliphatic heterocycles. The van der Waals surface area contributed by atoms with Crippen LogP contribution in [0.15, 0.2) is 16.6 Å². The third kappa shape index (κ3) is 3.01. The number of nitrogens with one attached hydrogen (secondary N) is 1. The Bertz CT molecular complexity index is 478. The molecule has 1 unspecified atom stereocenters. The van der Waals surface area contributed by atoms with Gasteiger partial charge in [-0.1, -0.05) is 6.92 Å². The van der Waals surface area contributed by atoms with E-state index in [1.165, 1.54) is 7.11 Å². The normalized spacial score (nSPS) is 14.9. The lowest BCUT2D eigenvalue weighted by Crippen LogP contribution is -2.29. The van der Waals surface area contributed by atoms with Gasteiger partial charge in [-0.3, -0.25) is 0 Å². The van der Waals surface area contributed by atoms with Crippen LogP contribution in [0.1, 0.15) is 18.5 Å². The molecule has 1 aromatic carbocycles. The summed E-state index contributed by atoms with van der Waals surface area (Å²) in [5, 5.41) is 3.09. The summed E-state index contributed by atoms with van der Waals surface area (Å²) in [6.07, 6.45) is 0. The van der Waals surface area contributed by atoms with Crippen molar-refractivity contribution in [2.75, 3.05) is 26.9 Å². The molecule has 1 atom stereocenters. The molecule has 1 aromatic rings. The van der Waals surface area contributed by atoms with Gasteiger partial charge in [0.1, 0.15) is 19.3 Å². The predicted octanol–water partition coefficient (Wildman–Crippen LogP) is 2.04. The lowest BCUT2D eigenvalue weighted by Gasteiger charge is -2.22. The van der Waals surface area contributed by atoms with Gasteiger partial charge in [-0.25, -0.2) is 4.79 Å². The Morgan fingerprint density at radius 2 is 2.21 bits per heavy atom. The van der Waals surface area contributed by atoms with E-state index in [4.69, 9.17) is 14.2 Å². The number of carbonyl (C=O) groups is 1. The zero-order valence-electron chi connectivity index (χ0n) is 10.9. The molecule has 0 spiro atoms. The number of fused-ring (bicyclic) bond motifs is 1. The zero-order chi connectivity index (χ0) is 13.8. The quantitative estimate of drug-likeness (QED) is 0.857. The van der Waals surface area contributed by atoms with Crippen molar-refractivity contribution < 1.29 is 19.0 Å². The van der Waals surface area contributed by atoms with E-state index < -0.39 is 6.04 Å². The van der Waals surface area contributed by atoms with Gasteiger partial charge in [0, 0.05) is 0 Å². The van der Waals surface area contributed by atoms with E-state index in [0.717, 1.165) is 10.0 Å². The van der Waals surface area contributed by atoms with Crippen LogP contribution in [0.4, 0.5) is 0 Å². The lowest BCUT2D eigenvalue weighted by atomic mass is 10.1. The minimum atomic E-state index is -0.512. The highest BCUT2D eigenvalue weighted by Crippen LogP contribution is 2.40. The maximum Gasteiger partial charge on any atom is 0.327 e. The molecule has 0 saturated carbocycles. The van der Waals surface area contributed by atoms with Crippen LogP contribution >= 0.6 is 15.9 Å². The fraction of sp³-hybridized carbons (Fsp3) is 0.462. The minimum Gasteiger partial charge on any atom is -0.486 e. The summed E-state index contributed by atoms with van der Waals surface area (Å²) < 4.78 is 16.7. The topological polar surface area (TPSA) is 56.8 Å². The summed E-state index contributed by atoms with van der Waals surface area (Å²) in [7, 11) is 1.37. The monoisotopic (exact) mass is 329 g/mol. The van der Waals surface area contributed by atoms with Gasteiger partial charge in [0.15, 0.2) is 11.5 Å². The van der Waals surface area contributed by atoms with Crippen molar-refractivity contribution in [3.8, 4) is 11.5 Å². The Morgan fingerprint density at radius 1 is 1.47 bits per heavy atom.